The average Bonchev–Trinajstić information content (AvgIpc) is 3.46. The van der Waals surface area contributed by atoms with Crippen LogP contribution in [0.3, 0.4) is 0 Å². The summed E-state index contributed by atoms with van der Waals surface area (Å²) in [5, 5.41) is 0. The average molecular weight is 1120 g/mol. The summed E-state index contributed by atoms with van der Waals surface area (Å²) in [7, 11) is 0. The molecule has 0 saturated carbocycles. The van der Waals surface area contributed by atoms with Gasteiger partial charge < -0.3 is 14.2 Å². The van der Waals surface area contributed by atoms with Gasteiger partial charge in [0.05, 0.1) is 0 Å². The third kappa shape index (κ3) is 65.4. The Morgan fingerprint density at radius 2 is 0.512 bits per heavy atom. The monoisotopic (exact) mass is 1110 g/mol. The van der Waals surface area contributed by atoms with E-state index in [2.05, 4.69) is 106 Å². The van der Waals surface area contributed by atoms with Crippen molar-refractivity contribution in [2.45, 2.75) is 354 Å². The number of ether oxygens (including phenoxy) is 3. The van der Waals surface area contributed by atoms with Gasteiger partial charge in [0.15, 0.2) is 6.10 Å². The van der Waals surface area contributed by atoms with Gasteiger partial charge in [-0.3, -0.25) is 14.4 Å². The van der Waals surface area contributed by atoms with Crippen molar-refractivity contribution in [2.24, 2.45) is 0 Å². The highest BCUT2D eigenvalue weighted by Crippen LogP contribution is 2.18. The van der Waals surface area contributed by atoms with E-state index in [0.717, 1.165) is 116 Å². The molecule has 1 unspecified atom stereocenters. The van der Waals surface area contributed by atoms with E-state index in [9.17, 15) is 14.4 Å². The molecule has 6 nitrogen and oxygen atoms in total. The van der Waals surface area contributed by atoms with E-state index in [4.69, 9.17) is 14.2 Å². The molecule has 80 heavy (non-hydrogen) atoms. The Morgan fingerprint density at radius 1 is 0.263 bits per heavy atom. The molecule has 1 atom stereocenters. The molecular formula is C74H130O6. The number of rotatable bonds is 63. The lowest BCUT2D eigenvalue weighted by atomic mass is 10.0. The predicted octanol–water partition coefficient (Wildman–Crippen LogP) is 23.8. The number of carbonyl (C=O) groups is 3. The van der Waals surface area contributed by atoms with Crippen molar-refractivity contribution < 1.29 is 28.6 Å². The predicted molar refractivity (Wildman–Crippen MR) is 348 cm³/mol. The van der Waals surface area contributed by atoms with Crippen molar-refractivity contribution in [1.29, 1.82) is 0 Å². The zero-order chi connectivity index (χ0) is 57.8. The molecule has 0 rings (SSSR count). The van der Waals surface area contributed by atoms with Crippen LogP contribution < -0.4 is 0 Å². The summed E-state index contributed by atoms with van der Waals surface area (Å²) in [4.78, 5) is 38.3. The first-order chi connectivity index (χ1) is 39.5. The fourth-order valence-electron chi connectivity index (χ4n) is 9.98. The van der Waals surface area contributed by atoms with Crippen molar-refractivity contribution in [1.82, 2.24) is 0 Å². The van der Waals surface area contributed by atoms with Crippen LogP contribution in [0.4, 0.5) is 0 Å². The first-order valence-corrected chi connectivity index (χ1v) is 34.6. The van der Waals surface area contributed by atoms with Crippen LogP contribution in [0.1, 0.15) is 348 Å². The summed E-state index contributed by atoms with van der Waals surface area (Å²) < 4.78 is 16.9. The number of esters is 3. The minimum Gasteiger partial charge on any atom is -0.462 e. The summed E-state index contributed by atoms with van der Waals surface area (Å²) in [6, 6.07) is 0. The van der Waals surface area contributed by atoms with E-state index in [1.807, 2.05) is 0 Å². The van der Waals surface area contributed by atoms with Gasteiger partial charge in [0.25, 0.3) is 0 Å². The van der Waals surface area contributed by atoms with Crippen LogP contribution in [0.25, 0.3) is 0 Å². The molecule has 0 aromatic rings. The highest BCUT2D eigenvalue weighted by molar-refractivity contribution is 5.71. The van der Waals surface area contributed by atoms with E-state index in [0.29, 0.717) is 19.3 Å². The fourth-order valence-corrected chi connectivity index (χ4v) is 9.98. The highest BCUT2D eigenvalue weighted by Gasteiger charge is 2.19. The van der Waals surface area contributed by atoms with Crippen LogP contribution in [0.5, 0.6) is 0 Å². The summed E-state index contributed by atoms with van der Waals surface area (Å²) in [6.07, 6.45) is 90.4. The Labute approximate surface area is 496 Å². The molecule has 0 bridgehead atoms. The molecule has 0 amide bonds. The molecule has 0 aromatic heterocycles. The number of allylic oxidation sites excluding steroid dienone is 14. The Balaban J connectivity index is 4.15. The molecule has 0 N–H and O–H groups in total. The third-order valence-electron chi connectivity index (χ3n) is 15.1. The fraction of sp³-hybridized carbons (Fsp3) is 0.770. The van der Waals surface area contributed by atoms with Gasteiger partial charge in [-0.2, -0.15) is 0 Å². The second-order valence-electron chi connectivity index (χ2n) is 23.1. The van der Waals surface area contributed by atoms with Gasteiger partial charge in [0, 0.05) is 19.3 Å². The summed E-state index contributed by atoms with van der Waals surface area (Å²) in [6.45, 7) is 6.50. The van der Waals surface area contributed by atoms with Gasteiger partial charge in [-0.15, -0.1) is 0 Å². The zero-order valence-electron chi connectivity index (χ0n) is 53.1. The lowest BCUT2D eigenvalue weighted by Crippen LogP contribution is -2.30. The second kappa shape index (κ2) is 68.1. The zero-order valence-corrected chi connectivity index (χ0v) is 53.1. The molecule has 0 aliphatic heterocycles. The van der Waals surface area contributed by atoms with Gasteiger partial charge in [-0.1, -0.05) is 324 Å². The summed E-state index contributed by atoms with van der Waals surface area (Å²) >= 11 is 0. The van der Waals surface area contributed by atoms with Crippen molar-refractivity contribution in [2.75, 3.05) is 13.2 Å². The van der Waals surface area contributed by atoms with E-state index < -0.39 is 6.10 Å². The number of hydrogen-bond acceptors (Lipinski definition) is 6. The van der Waals surface area contributed by atoms with E-state index in [1.54, 1.807) is 0 Å². The number of hydrogen-bond donors (Lipinski definition) is 0. The van der Waals surface area contributed by atoms with Crippen LogP contribution in [0.2, 0.25) is 0 Å². The third-order valence-corrected chi connectivity index (χ3v) is 15.1. The van der Waals surface area contributed by atoms with Gasteiger partial charge >= 0.3 is 17.9 Å². The Kier molecular flexibility index (Phi) is 65.2. The SMILES string of the molecule is CC/C=C\C/C=C\C/C=C\C/C=C\C/C=C\CCCCCCCCCCCCCCCCCCCC(=O)OCC(COC(=O)CCCCCCC/C=C\C/C=C\CCC)OC(=O)CCCCCCCCCCCCCCCCCC. The summed E-state index contributed by atoms with van der Waals surface area (Å²) in [5.74, 6) is -0.871. The highest BCUT2D eigenvalue weighted by atomic mass is 16.6. The molecule has 6 heteroatoms. The van der Waals surface area contributed by atoms with Crippen molar-refractivity contribution in [3.05, 3.63) is 85.1 Å². The Morgan fingerprint density at radius 3 is 0.812 bits per heavy atom. The van der Waals surface area contributed by atoms with Crippen molar-refractivity contribution >= 4 is 17.9 Å². The summed E-state index contributed by atoms with van der Waals surface area (Å²) in [5.41, 5.74) is 0. The van der Waals surface area contributed by atoms with Crippen LogP contribution in [0.15, 0.2) is 85.1 Å². The molecule has 462 valence electrons. The maximum Gasteiger partial charge on any atom is 0.306 e. The standard InChI is InChI=1S/C74H130O6/c1-4-7-10-13-16-19-22-25-27-29-30-31-32-33-34-35-36-37-38-39-40-41-42-43-44-45-47-49-52-55-58-61-64-67-73(76)79-70-71(69-78-72(75)66-63-60-57-54-51-48-24-21-18-15-12-9-6-3)80-74(77)68-65-62-59-56-53-50-46-28-26-23-20-17-14-11-8-5-2/h7,10,12,15-16,19,21,24-25,27,30-31,33-34,71H,4-6,8-9,11,13-14,17-18,20,22-23,26,28-29,32,35-70H2,1-3H3/b10-7-,15-12-,19-16-,24-21-,27-25-,31-30-,34-33-. The van der Waals surface area contributed by atoms with Crippen molar-refractivity contribution in [3.8, 4) is 0 Å². The van der Waals surface area contributed by atoms with Crippen molar-refractivity contribution in [3.63, 3.8) is 0 Å². The number of unbranched alkanes of at least 4 members (excludes halogenated alkanes) is 38. The van der Waals surface area contributed by atoms with E-state index in [-0.39, 0.29) is 31.1 Å². The van der Waals surface area contributed by atoms with Gasteiger partial charge in [0.1, 0.15) is 13.2 Å². The number of carbonyl (C=O) groups excluding carboxylic acids is 3. The van der Waals surface area contributed by atoms with E-state index in [1.165, 1.54) is 193 Å². The smallest absolute Gasteiger partial charge is 0.306 e. The maximum atomic E-state index is 12.9. The van der Waals surface area contributed by atoms with Crippen LogP contribution in [0, 0.1) is 0 Å². The van der Waals surface area contributed by atoms with E-state index >= 15 is 0 Å². The normalized spacial score (nSPS) is 12.6. The van der Waals surface area contributed by atoms with Gasteiger partial charge in [-0.25, -0.2) is 0 Å². The molecule has 0 aliphatic carbocycles. The molecule has 0 spiro atoms. The maximum absolute atomic E-state index is 12.9. The van der Waals surface area contributed by atoms with Gasteiger partial charge in [0.2, 0.25) is 0 Å². The first kappa shape index (κ1) is 76.6. The Bertz CT molecular complexity index is 1520. The Hall–Kier alpha value is -3.41. The van der Waals surface area contributed by atoms with Crippen LogP contribution in [-0.4, -0.2) is 37.2 Å². The molecule has 0 aromatic carbocycles. The minimum absolute atomic E-state index is 0.0756. The lowest BCUT2D eigenvalue weighted by molar-refractivity contribution is -0.167. The largest absolute Gasteiger partial charge is 0.462 e. The quantitative estimate of drug-likeness (QED) is 0.0261. The van der Waals surface area contributed by atoms with Crippen LogP contribution in [-0.2, 0) is 28.6 Å². The molecule has 0 fully saturated rings. The molecule has 0 radical (unpaired) electrons. The first-order valence-electron chi connectivity index (χ1n) is 34.6. The minimum atomic E-state index is -0.779. The topological polar surface area (TPSA) is 78.9 Å². The molecule has 0 saturated heterocycles. The van der Waals surface area contributed by atoms with Gasteiger partial charge in [-0.05, 0) is 89.9 Å². The molecule has 0 aliphatic rings. The molecular weight excluding hydrogens is 985 g/mol. The van der Waals surface area contributed by atoms with Crippen LogP contribution >= 0.6 is 0 Å². The molecule has 0 heterocycles. The lowest BCUT2D eigenvalue weighted by Gasteiger charge is -2.18. The second-order valence-corrected chi connectivity index (χ2v) is 23.1.